The van der Waals surface area contributed by atoms with Crippen LogP contribution in [0.25, 0.3) is 0 Å². The smallest absolute Gasteiger partial charge is 0.115 e. The molecule has 0 unspecified atom stereocenters. The maximum Gasteiger partial charge on any atom is 0.115 e. The van der Waals surface area contributed by atoms with Crippen LogP contribution in [-0.4, -0.2) is 23.8 Å². The standard InChI is InChI=1S/C9H13NO2.ClH.H3N/c1-10-6-9(12)7-3-2-4-8(11)5-7;;/h2-5,9-12H,6H2,1H3;1H;1H3/t9-;;/m0../s1. The van der Waals surface area contributed by atoms with Crippen molar-refractivity contribution in [2.24, 2.45) is 0 Å². The van der Waals surface area contributed by atoms with Gasteiger partial charge in [-0.3, -0.25) is 0 Å². The van der Waals surface area contributed by atoms with E-state index in [1.54, 1.807) is 31.3 Å². The van der Waals surface area contributed by atoms with Crippen molar-refractivity contribution in [1.29, 1.82) is 0 Å². The minimum absolute atomic E-state index is 0. The summed E-state index contributed by atoms with van der Waals surface area (Å²) in [5.41, 5.74) is 0.726. The molecule has 0 aliphatic rings. The lowest BCUT2D eigenvalue weighted by Crippen LogP contribution is -2.16. The van der Waals surface area contributed by atoms with Crippen molar-refractivity contribution in [1.82, 2.24) is 11.5 Å². The maximum absolute atomic E-state index is 9.47. The van der Waals surface area contributed by atoms with Crippen molar-refractivity contribution < 1.29 is 10.2 Å². The highest BCUT2D eigenvalue weighted by Crippen LogP contribution is 2.17. The van der Waals surface area contributed by atoms with E-state index in [0.717, 1.165) is 5.56 Å². The number of aliphatic hydroxyl groups excluding tert-OH is 1. The molecule has 1 rings (SSSR count). The molecule has 0 heterocycles. The van der Waals surface area contributed by atoms with Gasteiger partial charge in [0.15, 0.2) is 0 Å². The third kappa shape index (κ3) is 4.43. The van der Waals surface area contributed by atoms with Gasteiger partial charge in [0.25, 0.3) is 0 Å². The summed E-state index contributed by atoms with van der Waals surface area (Å²) in [6.45, 7) is 0.490. The summed E-state index contributed by atoms with van der Waals surface area (Å²) in [4.78, 5) is 0. The molecule has 0 fully saturated rings. The summed E-state index contributed by atoms with van der Waals surface area (Å²) in [5.74, 6) is 0.183. The number of benzene rings is 1. The van der Waals surface area contributed by atoms with Gasteiger partial charge in [0.05, 0.1) is 6.10 Å². The predicted octanol–water partition coefficient (Wildman–Crippen LogP) is 1.23. The molecule has 1 aromatic rings. The van der Waals surface area contributed by atoms with Crippen molar-refractivity contribution in [2.75, 3.05) is 13.6 Å². The van der Waals surface area contributed by atoms with Gasteiger partial charge in [0.2, 0.25) is 0 Å². The van der Waals surface area contributed by atoms with Crippen molar-refractivity contribution in [3.63, 3.8) is 0 Å². The van der Waals surface area contributed by atoms with Crippen molar-refractivity contribution in [3.8, 4) is 5.75 Å². The molecule has 4 nitrogen and oxygen atoms in total. The Morgan fingerprint density at radius 1 is 1.43 bits per heavy atom. The number of hydrogen-bond donors (Lipinski definition) is 4. The van der Waals surface area contributed by atoms with Gasteiger partial charge in [-0.15, -0.1) is 12.4 Å². The molecule has 1 aromatic carbocycles. The monoisotopic (exact) mass is 220 g/mol. The summed E-state index contributed by atoms with van der Waals surface area (Å²) < 4.78 is 0. The summed E-state index contributed by atoms with van der Waals surface area (Å²) >= 11 is 0. The Kier molecular flexibility index (Phi) is 8.48. The number of hydrogen-bond acceptors (Lipinski definition) is 4. The predicted molar refractivity (Wildman–Crippen MR) is 59.3 cm³/mol. The van der Waals surface area contributed by atoms with E-state index >= 15 is 0 Å². The summed E-state index contributed by atoms with van der Waals surface area (Å²) in [6.07, 6.45) is -0.554. The number of aliphatic hydroxyl groups is 1. The molecule has 0 aliphatic heterocycles. The zero-order valence-corrected chi connectivity index (χ0v) is 8.92. The molecule has 0 radical (unpaired) electrons. The van der Waals surface area contributed by atoms with E-state index < -0.39 is 6.10 Å². The highest BCUT2D eigenvalue weighted by molar-refractivity contribution is 5.85. The lowest BCUT2D eigenvalue weighted by molar-refractivity contribution is 0.177. The molecule has 0 saturated carbocycles. The van der Waals surface area contributed by atoms with Gasteiger partial charge in [-0.2, -0.15) is 0 Å². The summed E-state index contributed by atoms with van der Waals surface area (Å²) in [6, 6.07) is 6.63. The van der Waals surface area contributed by atoms with Crippen LogP contribution in [0.4, 0.5) is 0 Å². The Bertz CT molecular complexity index is 258. The van der Waals surface area contributed by atoms with Gasteiger partial charge in [-0.1, -0.05) is 12.1 Å². The molecule has 0 amide bonds. The van der Waals surface area contributed by atoms with E-state index in [4.69, 9.17) is 5.11 Å². The normalized spacial score (nSPS) is 11.0. The SMILES string of the molecule is CNC[C@H](O)c1cccc(O)c1.Cl.N. The maximum atomic E-state index is 9.47. The Morgan fingerprint density at radius 2 is 2.07 bits per heavy atom. The van der Waals surface area contributed by atoms with Gasteiger partial charge >= 0.3 is 0 Å². The van der Waals surface area contributed by atoms with Crippen LogP contribution in [0, 0.1) is 0 Å². The van der Waals surface area contributed by atoms with E-state index in [9.17, 15) is 5.11 Å². The van der Waals surface area contributed by atoms with Gasteiger partial charge in [0.1, 0.15) is 5.75 Å². The molecule has 5 heteroatoms. The molecule has 6 N–H and O–H groups in total. The van der Waals surface area contributed by atoms with Crippen LogP contribution in [0.15, 0.2) is 24.3 Å². The second-order valence-electron chi connectivity index (χ2n) is 2.67. The van der Waals surface area contributed by atoms with Crippen molar-refractivity contribution in [3.05, 3.63) is 29.8 Å². The summed E-state index contributed by atoms with van der Waals surface area (Å²) in [5, 5.41) is 21.4. The van der Waals surface area contributed by atoms with E-state index in [2.05, 4.69) is 5.32 Å². The zero-order chi connectivity index (χ0) is 8.97. The first-order valence-corrected chi connectivity index (χ1v) is 3.85. The minimum Gasteiger partial charge on any atom is -0.508 e. The molecule has 0 spiro atoms. The first-order chi connectivity index (χ1) is 5.74. The average Bonchev–Trinajstić information content (AvgIpc) is 2.05. The quantitative estimate of drug-likeness (QED) is 0.617. The van der Waals surface area contributed by atoms with Crippen LogP contribution >= 0.6 is 12.4 Å². The highest BCUT2D eigenvalue weighted by Gasteiger charge is 2.05. The number of phenols is 1. The van der Waals surface area contributed by atoms with Crippen LogP contribution in [0.3, 0.4) is 0 Å². The van der Waals surface area contributed by atoms with E-state index in [1.165, 1.54) is 0 Å². The largest absolute Gasteiger partial charge is 0.508 e. The second kappa shape index (κ2) is 7.58. The minimum atomic E-state index is -0.554. The number of aromatic hydroxyl groups is 1. The topological polar surface area (TPSA) is 87.5 Å². The number of halogens is 1. The van der Waals surface area contributed by atoms with Gasteiger partial charge < -0.3 is 21.7 Å². The number of rotatable bonds is 3. The Balaban J connectivity index is 0. The molecule has 0 bridgehead atoms. The fourth-order valence-electron chi connectivity index (χ4n) is 1.04. The number of phenolic OH excluding ortho intramolecular Hbond substituents is 1. The third-order valence-corrected chi connectivity index (χ3v) is 1.65. The molecule has 1 atom stereocenters. The average molecular weight is 221 g/mol. The van der Waals surface area contributed by atoms with E-state index in [1.807, 2.05) is 0 Å². The highest BCUT2D eigenvalue weighted by atomic mass is 35.5. The van der Waals surface area contributed by atoms with Gasteiger partial charge in [-0.25, -0.2) is 0 Å². The molecular weight excluding hydrogens is 204 g/mol. The van der Waals surface area contributed by atoms with Crippen LogP contribution in [0.2, 0.25) is 0 Å². The van der Waals surface area contributed by atoms with Gasteiger partial charge in [0, 0.05) is 6.54 Å². The molecule has 0 aromatic heterocycles. The summed E-state index contributed by atoms with van der Waals surface area (Å²) in [7, 11) is 1.77. The molecule has 14 heavy (non-hydrogen) atoms. The second-order valence-corrected chi connectivity index (χ2v) is 2.67. The fourth-order valence-corrected chi connectivity index (χ4v) is 1.04. The molecule has 82 valence electrons. The van der Waals surface area contributed by atoms with Crippen LogP contribution in [-0.2, 0) is 0 Å². The van der Waals surface area contributed by atoms with Gasteiger partial charge in [-0.05, 0) is 24.7 Å². The Hall–Kier alpha value is -0.810. The van der Waals surface area contributed by atoms with Crippen molar-refractivity contribution >= 4 is 12.4 Å². The first kappa shape index (κ1) is 15.7. The fraction of sp³-hybridized carbons (Fsp3) is 0.333. The van der Waals surface area contributed by atoms with Crippen LogP contribution in [0.1, 0.15) is 11.7 Å². The van der Waals surface area contributed by atoms with Crippen LogP contribution < -0.4 is 11.5 Å². The first-order valence-electron chi connectivity index (χ1n) is 3.85. The molecule has 0 aliphatic carbocycles. The number of nitrogens with one attached hydrogen (secondary N) is 1. The van der Waals surface area contributed by atoms with Crippen molar-refractivity contribution in [2.45, 2.75) is 6.10 Å². The third-order valence-electron chi connectivity index (χ3n) is 1.65. The number of likely N-dealkylation sites (N-methyl/N-ethyl adjacent to an activating group) is 1. The molecular formula is C9H17ClN2O2. The molecule has 0 saturated heterocycles. The zero-order valence-electron chi connectivity index (χ0n) is 8.10. The van der Waals surface area contributed by atoms with Crippen LogP contribution in [0.5, 0.6) is 5.75 Å². The lowest BCUT2D eigenvalue weighted by atomic mass is 10.1. The van der Waals surface area contributed by atoms with E-state index in [0.29, 0.717) is 6.54 Å². The lowest BCUT2D eigenvalue weighted by Gasteiger charge is -2.09. The van der Waals surface area contributed by atoms with E-state index in [-0.39, 0.29) is 24.3 Å². The Labute approximate surface area is 90.0 Å². The Morgan fingerprint density at radius 3 is 2.57 bits per heavy atom.